The summed E-state index contributed by atoms with van der Waals surface area (Å²) in [6.45, 7) is 4.43. The number of hydrogen-bond donors (Lipinski definition) is 1. The van der Waals surface area contributed by atoms with Crippen molar-refractivity contribution in [3.63, 3.8) is 0 Å². The van der Waals surface area contributed by atoms with Gasteiger partial charge in [0.25, 0.3) is 0 Å². The van der Waals surface area contributed by atoms with E-state index in [-0.39, 0.29) is 5.97 Å². The second kappa shape index (κ2) is 5.61. The van der Waals surface area contributed by atoms with Crippen molar-refractivity contribution in [2.24, 2.45) is 0 Å². The molecule has 1 N–H and O–H groups in total. The Balaban J connectivity index is 2.62. The van der Waals surface area contributed by atoms with Gasteiger partial charge >= 0.3 is 5.97 Å². The van der Waals surface area contributed by atoms with Crippen molar-refractivity contribution in [1.82, 2.24) is 10.3 Å². The zero-order valence-electron chi connectivity index (χ0n) is 9.99. The molecule has 0 saturated carbocycles. The molecule has 1 unspecified atom stereocenters. The van der Waals surface area contributed by atoms with Crippen LogP contribution in [-0.2, 0) is 16.1 Å². The monoisotopic (exact) mass is 222 g/mol. The maximum atomic E-state index is 11.6. The van der Waals surface area contributed by atoms with Crippen molar-refractivity contribution in [2.75, 3.05) is 7.11 Å². The fraction of sp³-hybridized carbons (Fsp3) is 0.500. The highest BCUT2D eigenvalue weighted by molar-refractivity contribution is 5.80. The van der Waals surface area contributed by atoms with Crippen LogP contribution in [0.25, 0.3) is 0 Å². The molecule has 0 saturated heterocycles. The molecule has 0 amide bonds. The smallest absolute Gasteiger partial charge is 0.325 e. The summed E-state index contributed by atoms with van der Waals surface area (Å²) in [5.74, 6) is -0.232. The van der Waals surface area contributed by atoms with Crippen molar-refractivity contribution >= 4 is 5.97 Å². The first-order valence-electron chi connectivity index (χ1n) is 5.34. The number of esters is 1. The SMILES string of the molecule is CCC(C)(NCc1ccncc1)C(=O)OC. The van der Waals surface area contributed by atoms with Gasteiger partial charge in [-0.1, -0.05) is 6.92 Å². The van der Waals surface area contributed by atoms with Gasteiger partial charge in [0, 0.05) is 18.9 Å². The standard InChI is InChI=1S/C12H18N2O2/c1-4-12(2,11(15)16-3)14-9-10-5-7-13-8-6-10/h5-8,14H,4,9H2,1-3H3. The van der Waals surface area contributed by atoms with E-state index >= 15 is 0 Å². The number of ether oxygens (including phenoxy) is 1. The lowest BCUT2D eigenvalue weighted by Gasteiger charge is -2.26. The number of hydrogen-bond acceptors (Lipinski definition) is 4. The first-order chi connectivity index (χ1) is 7.62. The summed E-state index contributed by atoms with van der Waals surface area (Å²) in [5, 5.41) is 3.21. The number of nitrogens with one attached hydrogen (secondary N) is 1. The van der Waals surface area contributed by atoms with Gasteiger partial charge in [0.15, 0.2) is 0 Å². The van der Waals surface area contributed by atoms with Crippen LogP contribution in [0.1, 0.15) is 25.8 Å². The van der Waals surface area contributed by atoms with Crippen LogP contribution in [0.3, 0.4) is 0 Å². The molecule has 88 valence electrons. The second-order valence-corrected chi connectivity index (χ2v) is 3.89. The number of nitrogens with zero attached hydrogens (tertiary/aromatic N) is 1. The number of rotatable bonds is 5. The van der Waals surface area contributed by atoms with Crippen LogP contribution in [0.5, 0.6) is 0 Å². The van der Waals surface area contributed by atoms with E-state index in [1.807, 2.05) is 26.0 Å². The van der Waals surface area contributed by atoms with E-state index in [9.17, 15) is 4.79 Å². The lowest BCUT2D eigenvalue weighted by atomic mass is 9.99. The molecule has 1 atom stereocenters. The summed E-state index contributed by atoms with van der Waals surface area (Å²) in [5.41, 5.74) is 0.469. The summed E-state index contributed by atoms with van der Waals surface area (Å²) in [6, 6.07) is 3.83. The predicted molar refractivity (Wildman–Crippen MR) is 61.8 cm³/mol. The molecule has 1 rings (SSSR count). The van der Waals surface area contributed by atoms with Crippen molar-refractivity contribution in [1.29, 1.82) is 0 Å². The van der Waals surface area contributed by atoms with Gasteiger partial charge in [-0.15, -0.1) is 0 Å². The van der Waals surface area contributed by atoms with Crippen LogP contribution in [0.15, 0.2) is 24.5 Å². The molecule has 4 nitrogen and oxygen atoms in total. The van der Waals surface area contributed by atoms with Crippen LogP contribution in [0.2, 0.25) is 0 Å². The molecule has 1 aromatic heterocycles. The number of methoxy groups -OCH3 is 1. The normalized spacial score (nSPS) is 14.2. The highest BCUT2D eigenvalue weighted by atomic mass is 16.5. The molecule has 0 aliphatic heterocycles. The molecule has 0 aliphatic carbocycles. The minimum atomic E-state index is -0.627. The Morgan fingerprint density at radius 3 is 2.62 bits per heavy atom. The second-order valence-electron chi connectivity index (χ2n) is 3.89. The molecule has 0 fully saturated rings. The third kappa shape index (κ3) is 3.03. The maximum absolute atomic E-state index is 11.6. The Morgan fingerprint density at radius 1 is 1.50 bits per heavy atom. The molecule has 16 heavy (non-hydrogen) atoms. The summed E-state index contributed by atoms with van der Waals surface area (Å²) in [7, 11) is 1.41. The number of carbonyl (C=O) groups excluding carboxylic acids is 1. The van der Waals surface area contributed by atoms with Gasteiger partial charge in [0.05, 0.1) is 7.11 Å². The van der Waals surface area contributed by atoms with Crippen molar-refractivity contribution in [3.8, 4) is 0 Å². The van der Waals surface area contributed by atoms with E-state index in [1.165, 1.54) is 7.11 Å². The maximum Gasteiger partial charge on any atom is 0.325 e. The topological polar surface area (TPSA) is 51.2 Å². The predicted octanol–water partition coefficient (Wildman–Crippen LogP) is 1.51. The molecule has 0 aliphatic rings. The minimum Gasteiger partial charge on any atom is -0.468 e. The number of aromatic nitrogens is 1. The molecule has 1 aromatic rings. The first-order valence-corrected chi connectivity index (χ1v) is 5.34. The quantitative estimate of drug-likeness (QED) is 0.767. The molecule has 4 heteroatoms. The van der Waals surface area contributed by atoms with Crippen molar-refractivity contribution < 1.29 is 9.53 Å². The van der Waals surface area contributed by atoms with Gasteiger partial charge < -0.3 is 4.74 Å². The first kappa shape index (κ1) is 12.6. The van der Waals surface area contributed by atoms with Crippen molar-refractivity contribution in [3.05, 3.63) is 30.1 Å². The third-order valence-corrected chi connectivity index (χ3v) is 2.78. The van der Waals surface area contributed by atoms with Gasteiger partial charge in [-0.05, 0) is 31.0 Å². The lowest BCUT2D eigenvalue weighted by Crippen LogP contribution is -2.49. The Hall–Kier alpha value is -1.42. The lowest BCUT2D eigenvalue weighted by molar-refractivity contribution is -0.148. The third-order valence-electron chi connectivity index (χ3n) is 2.78. The fourth-order valence-electron chi connectivity index (χ4n) is 1.36. The fourth-order valence-corrected chi connectivity index (χ4v) is 1.36. The minimum absolute atomic E-state index is 0.232. The molecule has 0 radical (unpaired) electrons. The Morgan fingerprint density at radius 2 is 2.12 bits per heavy atom. The number of pyridine rings is 1. The van der Waals surface area contributed by atoms with Crippen LogP contribution in [0, 0.1) is 0 Å². The van der Waals surface area contributed by atoms with E-state index in [4.69, 9.17) is 4.74 Å². The molecule has 1 heterocycles. The zero-order chi connectivity index (χ0) is 12.0. The average Bonchev–Trinajstić information content (AvgIpc) is 2.36. The van der Waals surface area contributed by atoms with Crippen LogP contribution >= 0.6 is 0 Å². The Labute approximate surface area is 96.0 Å². The van der Waals surface area contributed by atoms with E-state index in [0.717, 1.165) is 5.56 Å². The van der Waals surface area contributed by atoms with E-state index < -0.39 is 5.54 Å². The van der Waals surface area contributed by atoms with Crippen molar-refractivity contribution in [2.45, 2.75) is 32.4 Å². The molecule has 0 spiro atoms. The highest BCUT2D eigenvalue weighted by Gasteiger charge is 2.31. The molecular formula is C12H18N2O2. The number of carbonyl (C=O) groups is 1. The van der Waals surface area contributed by atoms with E-state index in [0.29, 0.717) is 13.0 Å². The highest BCUT2D eigenvalue weighted by Crippen LogP contribution is 2.12. The molecule has 0 aromatic carbocycles. The summed E-state index contributed by atoms with van der Waals surface area (Å²) >= 11 is 0. The molecule has 0 bridgehead atoms. The summed E-state index contributed by atoms with van der Waals surface area (Å²) < 4.78 is 4.78. The molecular weight excluding hydrogens is 204 g/mol. The Bertz CT molecular complexity index is 340. The average molecular weight is 222 g/mol. The van der Waals surface area contributed by atoms with Gasteiger partial charge in [0.1, 0.15) is 5.54 Å². The Kier molecular flexibility index (Phi) is 4.43. The largest absolute Gasteiger partial charge is 0.468 e. The summed E-state index contributed by atoms with van der Waals surface area (Å²) in [4.78, 5) is 15.5. The summed E-state index contributed by atoms with van der Waals surface area (Å²) in [6.07, 6.45) is 4.15. The van der Waals surface area contributed by atoms with E-state index in [1.54, 1.807) is 12.4 Å². The van der Waals surface area contributed by atoms with Crippen LogP contribution in [-0.4, -0.2) is 23.6 Å². The van der Waals surface area contributed by atoms with Gasteiger partial charge in [-0.3, -0.25) is 15.1 Å². The van der Waals surface area contributed by atoms with Gasteiger partial charge in [-0.25, -0.2) is 0 Å². The van der Waals surface area contributed by atoms with Crippen LogP contribution in [0.4, 0.5) is 0 Å². The van der Waals surface area contributed by atoms with Crippen LogP contribution < -0.4 is 5.32 Å². The van der Waals surface area contributed by atoms with Gasteiger partial charge in [-0.2, -0.15) is 0 Å². The van der Waals surface area contributed by atoms with E-state index in [2.05, 4.69) is 10.3 Å². The van der Waals surface area contributed by atoms with Gasteiger partial charge in [0.2, 0.25) is 0 Å². The zero-order valence-corrected chi connectivity index (χ0v) is 9.99.